The van der Waals surface area contributed by atoms with Crippen molar-refractivity contribution in [3.63, 3.8) is 0 Å². The molecule has 0 aliphatic heterocycles. The normalized spacial score (nSPS) is 14.8. The van der Waals surface area contributed by atoms with Crippen LogP contribution < -0.4 is 5.32 Å². The third-order valence-electron chi connectivity index (χ3n) is 5.52. The minimum absolute atomic E-state index is 0.243. The Kier molecular flexibility index (Phi) is 7.14. The number of esters is 2. The lowest BCUT2D eigenvalue weighted by Crippen LogP contribution is -2.22. The van der Waals surface area contributed by atoms with Gasteiger partial charge in [-0.1, -0.05) is 30.3 Å². The molecule has 4 rings (SSSR count). The van der Waals surface area contributed by atoms with Crippen molar-refractivity contribution in [2.24, 2.45) is 0 Å². The average molecular weight is 465 g/mol. The lowest BCUT2D eigenvalue weighted by atomic mass is 9.83. The van der Waals surface area contributed by atoms with Crippen molar-refractivity contribution in [1.29, 1.82) is 0 Å². The van der Waals surface area contributed by atoms with Gasteiger partial charge in [0.2, 0.25) is 0 Å². The fraction of sp³-hybridized carbons (Fsp3) is 0.280. The average Bonchev–Trinajstić information content (AvgIpc) is 3.20. The second-order valence-corrected chi connectivity index (χ2v) is 8.74. The molecule has 33 heavy (non-hydrogen) atoms. The van der Waals surface area contributed by atoms with E-state index in [-0.39, 0.29) is 6.61 Å². The van der Waals surface area contributed by atoms with E-state index in [0.29, 0.717) is 22.0 Å². The Morgan fingerprint density at radius 2 is 1.82 bits per heavy atom. The Morgan fingerprint density at radius 3 is 2.55 bits per heavy atom. The van der Waals surface area contributed by atoms with Gasteiger partial charge in [0.25, 0.3) is 5.91 Å². The highest BCUT2D eigenvalue weighted by atomic mass is 32.1. The maximum absolute atomic E-state index is 12.7. The van der Waals surface area contributed by atoms with E-state index in [1.165, 1.54) is 41.4 Å². The molecule has 8 heteroatoms. The first-order valence-corrected chi connectivity index (χ1v) is 11.6. The number of anilines is 1. The molecule has 0 spiro atoms. The van der Waals surface area contributed by atoms with E-state index >= 15 is 0 Å². The standard InChI is InChI=1S/C25H24N2O5S/c1-2-31-25(30)22-19-9-8-18(16-6-4-3-5-7-16)14-20(19)33-23(22)27-21(28)15-32-24(29)17-10-12-26-13-11-17/h3-7,10-13,18H,2,8-9,14-15H2,1H3,(H,27,28). The molecule has 1 unspecified atom stereocenters. The van der Waals surface area contributed by atoms with Crippen LogP contribution in [0.15, 0.2) is 54.9 Å². The molecule has 0 radical (unpaired) electrons. The van der Waals surface area contributed by atoms with E-state index in [9.17, 15) is 14.4 Å². The summed E-state index contributed by atoms with van der Waals surface area (Å²) < 4.78 is 10.4. The second kappa shape index (κ2) is 10.4. The quantitative estimate of drug-likeness (QED) is 0.521. The van der Waals surface area contributed by atoms with E-state index in [1.54, 1.807) is 6.92 Å². The predicted molar refractivity (Wildman–Crippen MR) is 125 cm³/mol. The number of nitrogens with one attached hydrogen (secondary N) is 1. The van der Waals surface area contributed by atoms with Crippen molar-refractivity contribution in [3.05, 3.63) is 82.0 Å². The van der Waals surface area contributed by atoms with E-state index < -0.39 is 24.5 Å². The predicted octanol–water partition coefficient (Wildman–Crippen LogP) is 4.39. The summed E-state index contributed by atoms with van der Waals surface area (Å²) >= 11 is 1.39. The summed E-state index contributed by atoms with van der Waals surface area (Å²) in [7, 11) is 0. The van der Waals surface area contributed by atoms with Gasteiger partial charge in [0, 0.05) is 17.3 Å². The Balaban J connectivity index is 1.50. The number of hydrogen-bond acceptors (Lipinski definition) is 7. The molecule has 1 aliphatic rings. The summed E-state index contributed by atoms with van der Waals surface area (Å²) in [5.41, 5.74) is 2.93. The van der Waals surface area contributed by atoms with Gasteiger partial charge in [0.05, 0.1) is 17.7 Å². The molecule has 0 saturated heterocycles. The molecule has 0 fully saturated rings. The molecule has 1 aliphatic carbocycles. The van der Waals surface area contributed by atoms with Crippen LogP contribution in [0.5, 0.6) is 0 Å². The van der Waals surface area contributed by atoms with Crippen LogP contribution in [0.4, 0.5) is 5.00 Å². The van der Waals surface area contributed by atoms with Crippen molar-refractivity contribution >= 4 is 34.2 Å². The molecule has 1 atom stereocenters. The van der Waals surface area contributed by atoms with Crippen LogP contribution in [0.2, 0.25) is 0 Å². The van der Waals surface area contributed by atoms with E-state index in [0.717, 1.165) is 29.7 Å². The largest absolute Gasteiger partial charge is 0.462 e. The number of thiophene rings is 1. The topological polar surface area (TPSA) is 94.6 Å². The maximum atomic E-state index is 12.7. The number of hydrogen-bond donors (Lipinski definition) is 1. The number of carbonyl (C=O) groups is 3. The minimum Gasteiger partial charge on any atom is -0.462 e. The van der Waals surface area contributed by atoms with Gasteiger partial charge in [-0.25, -0.2) is 9.59 Å². The van der Waals surface area contributed by atoms with Gasteiger partial charge in [-0.3, -0.25) is 9.78 Å². The number of amides is 1. The van der Waals surface area contributed by atoms with Crippen LogP contribution in [-0.4, -0.2) is 36.0 Å². The summed E-state index contributed by atoms with van der Waals surface area (Å²) in [5.74, 6) is -1.22. The Bertz CT molecular complexity index is 1140. The second-order valence-electron chi connectivity index (χ2n) is 7.64. The Labute approximate surface area is 195 Å². The van der Waals surface area contributed by atoms with Crippen molar-refractivity contribution in [3.8, 4) is 0 Å². The van der Waals surface area contributed by atoms with Crippen molar-refractivity contribution in [2.75, 3.05) is 18.5 Å². The number of ether oxygens (including phenoxy) is 2. The van der Waals surface area contributed by atoms with Crippen LogP contribution >= 0.6 is 11.3 Å². The zero-order valence-corrected chi connectivity index (χ0v) is 19.0. The first-order valence-electron chi connectivity index (χ1n) is 10.8. The van der Waals surface area contributed by atoms with Gasteiger partial charge in [-0.2, -0.15) is 0 Å². The van der Waals surface area contributed by atoms with E-state index in [1.807, 2.05) is 18.2 Å². The third kappa shape index (κ3) is 5.28. The van der Waals surface area contributed by atoms with E-state index in [2.05, 4.69) is 22.4 Å². The van der Waals surface area contributed by atoms with Gasteiger partial charge >= 0.3 is 11.9 Å². The number of pyridine rings is 1. The van der Waals surface area contributed by atoms with Crippen LogP contribution in [-0.2, 0) is 27.1 Å². The molecule has 170 valence electrons. The molecule has 7 nitrogen and oxygen atoms in total. The van der Waals surface area contributed by atoms with E-state index in [4.69, 9.17) is 9.47 Å². The summed E-state index contributed by atoms with van der Waals surface area (Å²) in [6.45, 7) is 1.53. The molecular weight excluding hydrogens is 440 g/mol. The summed E-state index contributed by atoms with van der Waals surface area (Å²) in [6, 6.07) is 13.3. The van der Waals surface area contributed by atoms with Crippen molar-refractivity contribution in [1.82, 2.24) is 4.98 Å². The molecule has 1 aromatic carbocycles. The monoisotopic (exact) mass is 464 g/mol. The van der Waals surface area contributed by atoms with Crippen molar-refractivity contribution < 1.29 is 23.9 Å². The van der Waals surface area contributed by atoms with Gasteiger partial charge in [-0.05, 0) is 55.4 Å². The van der Waals surface area contributed by atoms with Crippen molar-refractivity contribution in [2.45, 2.75) is 32.1 Å². The van der Waals surface area contributed by atoms with Crippen LogP contribution in [0.25, 0.3) is 0 Å². The number of fused-ring (bicyclic) bond motifs is 1. The zero-order valence-electron chi connectivity index (χ0n) is 18.2. The first-order chi connectivity index (χ1) is 16.1. The van der Waals surface area contributed by atoms with Gasteiger partial charge in [0.1, 0.15) is 5.00 Å². The summed E-state index contributed by atoms with van der Waals surface area (Å²) in [5, 5.41) is 3.20. The highest BCUT2D eigenvalue weighted by molar-refractivity contribution is 7.17. The highest BCUT2D eigenvalue weighted by Gasteiger charge is 2.31. The smallest absolute Gasteiger partial charge is 0.341 e. The van der Waals surface area contributed by atoms with Crippen LogP contribution in [0, 0.1) is 0 Å². The van der Waals surface area contributed by atoms with Crippen LogP contribution in [0.1, 0.15) is 56.0 Å². The maximum Gasteiger partial charge on any atom is 0.341 e. The number of carbonyl (C=O) groups excluding carboxylic acids is 3. The highest BCUT2D eigenvalue weighted by Crippen LogP contribution is 2.42. The summed E-state index contributed by atoms with van der Waals surface area (Å²) in [6.07, 6.45) is 5.38. The zero-order chi connectivity index (χ0) is 23.2. The fourth-order valence-electron chi connectivity index (χ4n) is 3.97. The molecule has 0 bridgehead atoms. The lowest BCUT2D eigenvalue weighted by molar-refractivity contribution is -0.119. The van der Waals surface area contributed by atoms with Crippen LogP contribution in [0.3, 0.4) is 0 Å². The van der Waals surface area contributed by atoms with Gasteiger partial charge in [0.15, 0.2) is 6.61 Å². The molecule has 1 amide bonds. The number of aromatic nitrogens is 1. The number of rotatable bonds is 7. The molecular formula is C25H24N2O5S. The first kappa shape index (κ1) is 22.7. The lowest BCUT2D eigenvalue weighted by Gasteiger charge is -2.23. The number of benzene rings is 1. The van der Waals surface area contributed by atoms with Gasteiger partial charge < -0.3 is 14.8 Å². The SMILES string of the molecule is CCOC(=O)c1c(NC(=O)COC(=O)c2ccncc2)sc2c1CCC(c1ccccc1)C2. The van der Waals surface area contributed by atoms with Gasteiger partial charge in [-0.15, -0.1) is 11.3 Å². The minimum atomic E-state index is -0.616. The molecule has 0 saturated carbocycles. The molecule has 2 aromatic heterocycles. The molecule has 1 N–H and O–H groups in total. The summed E-state index contributed by atoms with van der Waals surface area (Å²) in [4.78, 5) is 42.3. The molecule has 2 heterocycles. The fourth-order valence-corrected chi connectivity index (χ4v) is 5.30. The Hall–Kier alpha value is -3.52. The number of nitrogens with zero attached hydrogens (tertiary/aromatic N) is 1. The Morgan fingerprint density at radius 1 is 1.06 bits per heavy atom. The third-order valence-corrected chi connectivity index (χ3v) is 6.69. The molecule has 3 aromatic rings.